The molecule has 0 aromatic heterocycles. The highest BCUT2D eigenvalue weighted by Crippen LogP contribution is 1.95. The largest absolute Gasteiger partial charge is 0.316 e. The molecule has 0 spiro atoms. The van der Waals surface area contributed by atoms with Gasteiger partial charge in [-0.15, -0.1) is 0 Å². The van der Waals surface area contributed by atoms with Crippen LogP contribution in [0.5, 0.6) is 0 Å². The molecule has 0 heterocycles. The molecule has 0 rings (SSSR count). The SMILES string of the molecule is CCC/C=C(\C)CNC. The Bertz CT molecular complexity index is 84.6. The first-order chi connectivity index (χ1) is 4.31. The molecule has 0 radical (unpaired) electrons. The van der Waals surface area contributed by atoms with Crippen molar-refractivity contribution in [3.8, 4) is 0 Å². The van der Waals surface area contributed by atoms with Gasteiger partial charge in [-0.25, -0.2) is 0 Å². The van der Waals surface area contributed by atoms with Gasteiger partial charge in [0.2, 0.25) is 0 Å². The molecule has 9 heavy (non-hydrogen) atoms. The minimum Gasteiger partial charge on any atom is -0.316 e. The number of hydrogen-bond acceptors (Lipinski definition) is 1. The Morgan fingerprint density at radius 3 is 2.67 bits per heavy atom. The van der Waals surface area contributed by atoms with E-state index in [4.69, 9.17) is 0 Å². The quantitative estimate of drug-likeness (QED) is 0.569. The molecule has 0 amide bonds. The van der Waals surface area contributed by atoms with Crippen molar-refractivity contribution in [2.45, 2.75) is 26.7 Å². The van der Waals surface area contributed by atoms with E-state index < -0.39 is 0 Å². The summed E-state index contributed by atoms with van der Waals surface area (Å²) in [6, 6.07) is 0. The van der Waals surface area contributed by atoms with E-state index in [1.165, 1.54) is 18.4 Å². The maximum absolute atomic E-state index is 3.11. The second-order valence-corrected chi connectivity index (χ2v) is 2.37. The Balaban J connectivity index is 3.30. The summed E-state index contributed by atoms with van der Waals surface area (Å²) in [4.78, 5) is 0. The topological polar surface area (TPSA) is 12.0 Å². The summed E-state index contributed by atoms with van der Waals surface area (Å²) in [5.41, 5.74) is 1.44. The Labute approximate surface area is 58.2 Å². The number of rotatable bonds is 4. The Kier molecular flexibility index (Phi) is 5.64. The first kappa shape index (κ1) is 8.70. The fourth-order valence-corrected chi connectivity index (χ4v) is 0.742. The highest BCUT2D eigenvalue weighted by atomic mass is 14.8. The van der Waals surface area contributed by atoms with Crippen LogP contribution in [0.4, 0.5) is 0 Å². The fourth-order valence-electron chi connectivity index (χ4n) is 0.742. The van der Waals surface area contributed by atoms with Crippen molar-refractivity contribution in [1.82, 2.24) is 5.32 Å². The molecule has 0 aliphatic carbocycles. The molecular weight excluding hydrogens is 110 g/mol. The second kappa shape index (κ2) is 5.83. The molecule has 0 bridgehead atoms. The number of unbranched alkanes of at least 4 members (excludes halogenated alkanes) is 1. The van der Waals surface area contributed by atoms with Crippen LogP contribution in [0.2, 0.25) is 0 Å². The number of likely N-dealkylation sites (N-methyl/N-ethyl adjacent to an activating group) is 1. The third-order valence-corrected chi connectivity index (χ3v) is 1.24. The van der Waals surface area contributed by atoms with E-state index in [9.17, 15) is 0 Å². The first-order valence-electron chi connectivity index (χ1n) is 3.61. The van der Waals surface area contributed by atoms with Crippen LogP contribution in [-0.2, 0) is 0 Å². The van der Waals surface area contributed by atoms with Crippen LogP contribution in [-0.4, -0.2) is 13.6 Å². The molecule has 1 nitrogen and oxygen atoms in total. The zero-order chi connectivity index (χ0) is 7.11. The van der Waals surface area contributed by atoms with Crippen LogP contribution in [0.3, 0.4) is 0 Å². The Hall–Kier alpha value is -0.300. The summed E-state index contributed by atoms with van der Waals surface area (Å²) in [5, 5.41) is 3.11. The van der Waals surface area contributed by atoms with E-state index in [0.29, 0.717) is 0 Å². The molecule has 0 aliphatic heterocycles. The minimum absolute atomic E-state index is 1.03. The second-order valence-electron chi connectivity index (χ2n) is 2.37. The summed E-state index contributed by atoms with van der Waals surface area (Å²) >= 11 is 0. The third kappa shape index (κ3) is 5.57. The van der Waals surface area contributed by atoms with Gasteiger partial charge in [-0.05, 0) is 20.4 Å². The van der Waals surface area contributed by atoms with Crippen molar-refractivity contribution in [3.05, 3.63) is 11.6 Å². The van der Waals surface area contributed by atoms with Crippen molar-refractivity contribution in [1.29, 1.82) is 0 Å². The van der Waals surface area contributed by atoms with Crippen molar-refractivity contribution in [2.75, 3.05) is 13.6 Å². The Morgan fingerprint density at radius 2 is 2.22 bits per heavy atom. The molecule has 1 N–H and O–H groups in total. The van der Waals surface area contributed by atoms with Crippen molar-refractivity contribution in [3.63, 3.8) is 0 Å². The van der Waals surface area contributed by atoms with Gasteiger partial charge in [0, 0.05) is 6.54 Å². The number of nitrogens with one attached hydrogen (secondary N) is 1. The van der Waals surface area contributed by atoms with Gasteiger partial charge in [0.25, 0.3) is 0 Å². The molecule has 0 aromatic carbocycles. The zero-order valence-corrected chi connectivity index (χ0v) is 6.70. The van der Waals surface area contributed by atoms with Crippen LogP contribution >= 0.6 is 0 Å². The third-order valence-electron chi connectivity index (χ3n) is 1.24. The lowest BCUT2D eigenvalue weighted by atomic mass is 10.2. The summed E-state index contributed by atoms with van der Waals surface area (Å²) in [5.74, 6) is 0. The van der Waals surface area contributed by atoms with E-state index in [-0.39, 0.29) is 0 Å². The van der Waals surface area contributed by atoms with E-state index in [1.54, 1.807) is 0 Å². The van der Waals surface area contributed by atoms with Crippen LogP contribution in [0.15, 0.2) is 11.6 Å². The van der Waals surface area contributed by atoms with Gasteiger partial charge in [0.1, 0.15) is 0 Å². The average molecular weight is 127 g/mol. The summed E-state index contributed by atoms with van der Waals surface area (Å²) in [7, 11) is 1.98. The van der Waals surface area contributed by atoms with Crippen LogP contribution < -0.4 is 5.32 Å². The van der Waals surface area contributed by atoms with Gasteiger partial charge in [0.15, 0.2) is 0 Å². The summed E-state index contributed by atoms with van der Waals surface area (Å²) in [6.45, 7) is 5.38. The predicted molar refractivity (Wildman–Crippen MR) is 42.6 cm³/mol. The number of hydrogen-bond donors (Lipinski definition) is 1. The van der Waals surface area contributed by atoms with E-state index in [2.05, 4.69) is 25.2 Å². The van der Waals surface area contributed by atoms with E-state index in [0.717, 1.165) is 6.54 Å². The van der Waals surface area contributed by atoms with Gasteiger partial charge in [0.05, 0.1) is 0 Å². The highest BCUT2D eigenvalue weighted by molar-refractivity contribution is 4.99. The van der Waals surface area contributed by atoms with E-state index in [1.807, 2.05) is 7.05 Å². The summed E-state index contributed by atoms with van der Waals surface area (Å²) in [6.07, 6.45) is 4.76. The first-order valence-corrected chi connectivity index (χ1v) is 3.61. The lowest BCUT2D eigenvalue weighted by Crippen LogP contribution is -2.08. The molecule has 54 valence electrons. The van der Waals surface area contributed by atoms with Crippen LogP contribution in [0, 0.1) is 0 Å². The van der Waals surface area contributed by atoms with Crippen molar-refractivity contribution < 1.29 is 0 Å². The maximum atomic E-state index is 3.11. The zero-order valence-electron chi connectivity index (χ0n) is 6.70. The molecule has 1 heteroatoms. The van der Waals surface area contributed by atoms with Gasteiger partial charge >= 0.3 is 0 Å². The fraction of sp³-hybridized carbons (Fsp3) is 0.750. The number of allylic oxidation sites excluding steroid dienone is 1. The average Bonchev–Trinajstić information content (AvgIpc) is 1.85. The van der Waals surface area contributed by atoms with Crippen LogP contribution in [0.1, 0.15) is 26.7 Å². The maximum Gasteiger partial charge on any atom is 0.0158 e. The van der Waals surface area contributed by atoms with Gasteiger partial charge in [-0.3, -0.25) is 0 Å². The molecule has 0 saturated heterocycles. The normalized spacial score (nSPS) is 12.1. The van der Waals surface area contributed by atoms with Crippen molar-refractivity contribution in [2.24, 2.45) is 0 Å². The van der Waals surface area contributed by atoms with E-state index >= 15 is 0 Å². The lowest BCUT2D eigenvalue weighted by Gasteiger charge is -1.96. The van der Waals surface area contributed by atoms with Gasteiger partial charge < -0.3 is 5.32 Å². The highest BCUT2D eigenvalue weighted by Gasteiger charge is 1.83. The molecule has 0 fully saturated rings. The van der Waals surface area contributed by atoms with Gasteiger partial charge in [-0.2, -0.15) is 0 Å². The molecule has 0 unspecified atom stereocenters. The molecular formula is C8H17N. The standard InChI is InChI=1S/C8H17N/c1-4-5-6-8(2)7-9-3/h6,9H,4-5,7H2,1-3H3/b8-6+. The predicted octanol–water partition coefficient (Wildman–Crippen LogP) is 1.95. The van der Waals surface area contributed by atoms with Crippen LogP contribution in [0.25, 0.3) is 0 Å². The monoisotopic (exact) mass is 127 g/mol. The Morgan fingerprint density at radius 1 is 1.56 bits per heavy atom. The molecule has 0 saturated carbocycles. The minimum atomic E-state index is 1.03. The molecule has 0 aliphatic rings. The smallest absolute Gasteiger partial charge is 0.0158 e. The van der Waals surface area contributed by atoms with Gasteiger partial charge in [-0.1, -0.05) is 25.0 Å². The lowest BCUT2D eigenvalue weighted by molar-refractivity contribution is 0.861. The molecule has 0 aromatic rings. The molecule has 0 atom stereocenters. The summed E-state index contributed by atoms with van der Waals surface area (Å²) < 4.78 is 0. The van der Waals surface area contributed by atoms with Crippen molar-refractivity contribution >= 4 is 0 Å².